The van der Waals surface area contributed by atoms with Gasteiger partial charge in [-0.15, -0.1) is 6.58 Å². The molecular weight excluding hydrogens is 266 g/mol. The molecule has 0 bridgehead atoms. The van der Waals surface area contributed by atoms with Crippen molar-refractivity contribution in [3.8, 4) is 0 Å². The molecule has 2 fully saturated rings. The lowest BCUT2D eigenvalue weighted by molar-refractivity contribution is -0.137. The predicted octanol–water partition coefficient (Wildman–Crippen LogP) is 0.769. The van der Waals surface area contributed by atoms with Crippen LogP contribution in [0.5, 0.6) is 0 Å². The van der Waals surface area contributed by atoms with Crippen molar-refractivity contribution in [1.29, 1.82) is 0 Å². The molecule has 0 aromatic rings. The second-order valence-electron chi connectivity index (χ2n) is 6.30. The van der Waals surface area contributed by atoms with Crippen molar-refractivity contribution in [1.82, 2.24) is 15.5 Å². The first-order valence-corrected chi connectivity index (χ1v) is 8.04. The normalized spacial score (nSPS) is 23.7. The van der Waals surface area contributed by atoms with Crippen LogP contribution in [0.3, 0.4) is 0 Å². The summed E-state index contributed by atoms with van der Waals surface area (Å²) in [5, 5.41) is 6.60. The number of ether oxygens (including phenoxy) is 1. The molecule has 0 radical (unpaired) electrons. The van der Waals surface area contributed by atoms with Crippen LogP contribution < -0.4 is 10.6 Å². The van der Waals surface area contributed by atoms with Gasteiger partial charge < -0.3 is 15.4 Å². The Morgan fingerprint density at radius 1 is 1.43 bits per heavy atom. The second-order valence-corrected chi connectivity index (χ2v) is 6.30. The van der Waals surface area contributed by atoms with E-state index >= 15 is 0 Å². The Hall–Kier alpha value is -0.910. The van der Waals surface area contributed by atoms with E-state index in [1.807, 2.05) is 6.08 Å². The first kappa shape index (κ1) is 16.5. The second kappa shape index (κ2) is 7.92. The van der Waals surface area contributed by atoms with E-state index in [1.165, 1.54) is 0 Å². The summed E-state index contributed by atoms with van der Waals surface area (Å²) >= 11 is 0. The van der Waals surface area contributed by atoms with E-state index in [0.29, 0.717) is 12.6 Å². The van der Waals surface area contributed by atoms with Crippen LogP contribution in [-0.4, -0.2) is 63.3 Å². The predicted molar refractivity (Wildman–Crippen MR) is 84.2 cm³/mol. The molecule has 120 valence electrons. The van der Waals surface area contributed by atoms with Gasteiger partial charge in [0, 0.05) is 32.8 Å². The fraction of sp³-hybridized carbons (Fsp3) is 0.812. The van der Waals surface area contributed by atoms with Gasteiger partial charge in [0.1, 0.15) is 0 Å². The van der Waals surface area contributed by atoms with Gasteiger partial charge >= 0.3 is 0 Å². The zero-order valence-electron chi connectivity index (χ0n) is 13.2. The van der Waals surface area contributed by atoms with E-state index in [1.54, 1.807) is 7.11 Å². The van der Waals surface area contributed by atoms with Gasteiger partial charge in [0.2, 0.25) is 5.91 Å². The monoisotopic (exact) mass is 295 g/mol. The van der Waals surface area contributed by atoms with Crippen molar-refractivity contribution in [3.63, 3.8) is 0 Å². The summed E-state index contributed by atoms with van der Waals surface area (Å²) in [6, 6.07) is 0.308. The third-order valence-corrected chi connectivity index (χ3v) is 4.77. The van der Waals surface area contributed by atoms with Crippen LogP contribution in [0.15, 0.2) is 12.7 Å². The average Bonchev–Trinajstić information content (AvgIpc) is 2.51. The molecule has 0 aliphatic carbocycles. The fourth-order valence-electron chi connectivity index (χ4n) is 3.40. The molecule has 2 N–H and O–H groups in total. The van der Waals surface area contributed by atoms with Crippen LogP contribution in [0.1, 0.15) is 25.7 Å². The highest BCUT2D eigenvalue weighted by molar-refractivity contribution is 5.83. The minimum atomic E-state index is -0.335. The Morgan fingerprint density at radius 3 is 2.67 bits per heavy atom. The van der Waals surface area contributed by atoms with Gasteiger partial charge in [-0.2, -0.15) is 0 Å². The zero-order chi connectivity index (χ0) is 15.1. The number of amides is 1. The molecule has 0 aromatic heterocycles. The van der Waals surface area contributed by atoms with Crippen LogP contribution in [0.4, 0.5) is 0 Å². The molecule has 2 saturated heterocycles. The molecule has 0 atom stereocenters. The van der Waals surface area contributed by atoms with Gasteiger partial charge in [0.15, 0.2) is 0 Å². The summed E-state index contributed by atoms with van der Waals surface area (Å²) in [5.74, 6) is 0.188. The molecule has 0 spiro atoms. The molecule has 5 nitrogen and oxygen atoms in total. The number of likely N-dealkylation sites (tertiary alicyclic amines) is 1. The molecule has 2 heterocycles. The van der Waals surface area contributed by atoms with Crippen molar-refractivity contribution >= 4 is 5.91 Å². The lowest BCUT2D eigenvalue weighted by Gasteiger charge is -2.38. The number of carbonyl (C=O) groups is 1. The maximum atomic E-state index is 12.7. The molecule has 5 heteroatoms. The topological polar surface area (TPSA) is 53.6 Å². The minimum Gasteiger partial charge on any atom is -0.384 e. The van der Waals surface area contributed by atoms with Crippen LogP contribution in [-0.2, 0) is 9.53 Å². The Bertz CT molecular complexity index is 340. The van der Waals surface area contributed by atoms with Crippen molar-refractivity contribution in [2.75, 3.05) is 46.4 Å². The lowest BCUT2D eigenvalue weighted by Crippen LogP contribution is -2.54. The summed E-state index contributed by atoms with van der Waals surface area (Å²) in [4.78, 5) is 15.1. The number of rotatable bonds is 6. The summed E-state index contributed by atoms with van der Waals surface area (Å²) < 4.78 is 5.34. The molecule has 2 aliphatic rings. The molecule has 2 rings (SSSR count). The summed E-state index contributed by atoms with van der Waals surface area (Å²) in [6.07, 6.45) is 5.73. The van der Waals surface area contributed by atoms with E-state index in [2.05, 4.69) is 22.1 Å². The van der Waals surface area contributed by atoms with Gasteiger partial charge in [-0.3, -0.25) is 9.69 Å². The number of nitrogens with zero attached hydrogens (tertiary/aromatic N) is 1. The molecular formula is C16H29N3O2. The zero-order valence-corrected chi connectivity index (χ0v) is 13.2. The van der Waals surface area contributed by atoms with Crippen molar-refractivity contribution in [2.45, 2.75) is 31.7 Å². The first-order valence-electron chi connectivity index (χ1n) is 8.04. The Labute approximate surface area is 128 Å². The number of hydrogen-bond donors (Lipinski definition) is 2. The molecule has 2 aliphatic heterocycles. The Morgan fingerprint density at radius 2 is 2.10 bits per heavy atom. The van der Waals surface area contributed by atoms with E-state index < -0.39 is 0 Å². The van der Waals surface area contributed by atoms with Gasteiger partial charge in [-0.05, 0) is 38.8 Å². The fourth-order valence-corrected chi connectivity index (χ4v) is 3.40. The van der Waals surface area contributed by atoms with E-state index in [0.717, 1.165) is 58.4 Å². The van der Waals surface area contributed by atoms with Crippen LogP contribution in [0.2, 0.25) is 0 Å². The number of nitrogens with one attached hydrogen (secondary N) is 2. The van der Waals surface area contributed by atoms with Crippen LogP contribution in [0, 0.1) is 5.41 Å². The SMILES string of the molecule is C=CCN1CCC(NC(=O)C2(COC)CCNCC2)CC1. The minimum absolute atomic E-state index is 0.188. The van der Waals surface area contributed by atoms with Gasteiger partial charge in [0.05, 0.1) is 12.0 Å². The number of carbonyl (C=O) groups excluding carboxylic acids is 1. The van der Waals surface area contributed by atoms with Crippen molar-refractivity contribution in [3.05, 3.63) is 12.7 Å². The smallest absolute Gasteiger partial charge is 0.228 e. The average molecular weight is 295 g/mol. The highest BCUT2D eigenvalue weighted by Gasteiger charge is 2.40. The molecule has 0 saturated carbocycles. The lowest BCUT2D eigenvalue weighted by atomic mass is 9.78. The maximum Gasteiger partial charge on any atom is 0.228 e. The Balaban J connectivity index is 1.86. The quantitative estimate of drug-likeness (QED) is 0.711. The number of methoxy groups -OCH3 is 1. The van der Waals surface area contributed by atoms with Crippen LogP contribution in [0.25, 0.3) is 0 Å². The molecule has 0 unspecified atom stereocenters. The summed E-state index contributed by atoms with van der Waals surface area (Å²) in [6.45, 7) is 9.12. The summed E-state index contributed by atoms with van der Waals surface area (Å²) in [7, 11) is 1.69. The third-order valence-electron chi connectivity index (χ3n) is 4.77. The standard InChI is InChI=1S/C16H29N3O2/c1-3-10-19-11-4-14(5-12-19)18-15(20)16(13-21-2)6-8-17-9-7-16/h3,14,17H,1,4-13H2,2H3,(H,18,20). The van der Waals surface area contributed by atoms with E-state index in [-0.39, 0.29) is 11.3 Å². The van der Waals surface area contributed by atoms with Gasteiger partial charge in [-0.1, -0.05) is 6.08 Å². The first-order chi connectivity index (χ1) is 10.2. The van der Waals surface area contributed by atoms with Crippen molar-refractivity contribution in [2.24, 2.45) is 5.41 Å². The van der Waals surface area contributed by atoms with Gasteiger partial charge in [0.25, 0.3) is 0 Å². The van der Waals surface area contributed by atoms with E-state index in [4.69, 9.17) is 4.74 Å². The van der Waals surface area contributed by atoms with E-state index in [9.17, 15) is 4.79 Å². The Kier molecular flexibility index (Phi) is 6.21. The maximum absolute atomic E-state index is 12.7. The number of piperidine rings is 2. The van der Waals surface area contributed by atoms with Crippen LogP contribution >= 0.6 is 0 Å². The third kappa shape index (κ3) is 4.28. The molecule has 1 amide bonds. The highest BCUT2D eigenvalue weighted by Crippen LogP contribution is 2.30. The molecule has 0 aromatic carbocycles. The largest absolute Gasteiger partial charge is 0.384 e. The van der Waals surface area contributed by atoms with Gasteiger partial charge in [-0.25, -0.2) is 0 Å². The highest BCUT2D eigenvalue weighted by atomic mass is 16.5. The molecule has 21 heavy (non-hydrogen) atoms. The van der Waals surface area contributed by atoms with Crippen molar-refractivity contribution < 1.29 is 9.53 Å². The summed E-state index contributed by atoms with van der Waals surface area (Å²) in [5.41, 5.74) is -0.335. The number of hydrogen-bond acceptors (Lipinski definition) is 4.